The van der Waals surface area contributed by atoms with Gasteiger partial charge in [0, 0.05) is 23.6 Å². The number of nitriles is 1. The Labute approximate surface area is 216 Å². The first kappa shape index (κ1) is 25.5. The first-order valence-corrected chi connectivity index (χ1v) is 11.9. The molecule has 0 aliphatic carbocycles. The minimum Gasteiger partial charge on any atom is -0.497 e. The highest BCUT2D eigenvalue weighted by Gasteiger charge is 2.38. The van der Waals surface area contributed by atoms with Crippen LogP contribution in [-0.2, 0) is 27.5 Å². The molecule has 1 atom stereocenters. The molecular formula is C30H28N2O5. The normalized spacial score (nSPS) is 15.2. The predicted molar refractivity (Wildman–Crippen MR) is 138 cm³/mol. The van der Waals surface area contributed by atoms with Crippen molar-refractivity contribution in [2.45, 2.75) is 32.4 Å². The number of benzene rings is 3. The van der Waals surface area contributed by atoms with Crippen LogP contribution in [0.15, 0.2) is 84.1 Å². The molecule has 37 heavy (non-hydrogen) atoms. The average Bonchev–Trinajstić information content (AvgIpc) is 2.94. The smallest absolute Gasteiger partial charge is 0.336 e. The summed E-state index contributed by atoms with van der Waals surface area (Å²) in [5.74, 6) is -0.0834. The van der Waals surface area contributed by atoms with Crippen LogP contribution < -0.4 is 9.47 Å². The van der Waals surface area contributed by atoms with Gasteiger partial charge in [-0.2, -0.15) is 5.26 Å². The highest BCUT2D eigenvalue weighted by Crippen LogP contribution is 2.42. The maximum absolute atomic E-state index is 13.6. The summed E-state index contributed by atoms with van der Waals surface area (Å²) in [5, 5.41) is 9.27. The van der Waals surface area contributed by atoms with Crippen LogP contribution in [0.25, 0.3) is 0 Å². The number of allylic oxidation sites excluding steroid dienone is 1. The number of carbonyl (C=O) groups is 2. The number of nitrogens with zero attached hydrogens (tertiary/aromatic N) is 2. The molecule has 0 saturated heterocycles. The molecule has 1 aliphatic rings. The Kier molecular flexibility index (Phi) is 7.89. The van der Waals surface area contributed by atoms with Crippen molar-refractivity contribution in [1.82, 2.24) is 4.90 Å². The van der Waals surface area contributed by atoms with Crippen molar-refractivity contribution in [3.63, 3.8) is 0 Å². The van der Waals surface area contributed by atoms with Gasteiger partial charge in [-0.05, 0) is 48.4 Å². The molecule has 0 bridgehead atoms. The van der Waals surface area contributed by atoms with E-state index in [1.807, 2.05) is 36.4 Å². The van der Waals surface area contributed by atoms with Crippen molar-refractivity contribution in [3.8, 4) is 17.6 Å². The molecule has 0 N–H and O–H groups in total. The molecule has 0 aromatic heterocycles. The van der Waals surface area contributed by atoms with Gasteiger partial charge in [0.25, 0.3) is 0 Å². The van der Waals surface area contributed by atoms with Crippen molar-refractivity contribution in [1.29, 1.82) is 5.26 Å². The Morgan fingerprint density at radius 2 is 1.76 bits per heavy atom. The molecule has 4 rings (SSSR count). The van der Waals surface area contributed by atoms with Gasteiger partial charge in [0.15, 0.2) is 0 Å². The maximum atomic E-state index is 13.6. The van der Waals surface area contributed by atoms with E-state index in [9.17, 15) is 14.9 Å². The molecule has 7 heteroatoms. The van der Waals surface area contributed by atoms with E-state index in [-0.39, 0.29) is 25.5 Å². The lowest BCUT2D eigenvalue weighted by molar-refractivity contribution is -0.141. The van der Waals surface area contributed by atoms with Gasteiger partial charge in [0.2, 0.25) is 5.91 Å². The Morgan fingerprint density at radius 3 is 2.46 bits per heavy atom. The summed E-state index contributed by atoms with van der Waals surface area (Å²) < 4.78 is 16.7. The van der Waals surface area contributed by atoms with Crippen LogP contribution in [0, 0.1) is 11.3 Å². The molecule has 1 unspecified atom stereocenters. The van der Waals surface area contributed by atoms with Crippen LogP contribution in [0.2, 0.25) is 0 Å². The zero-order chi connectivity index (χ0) is 26.4. The minimum atomic E-state index is -0.581. The summed E-state index contributed by atoms with van der Waals surface area (Å²) >= 11 is 0. The Bertz CT molecular complexity index is 1370. The number of carbonyl (C=O) groups excluding carboxylic acids is 2. The maximum Gasteiger partial charge on any atom is 0.336 e. The lowest BCUT2D eigenvalue weighted by atomic mass is 9.83. The minimum absolute atomic E-state index is 0.0502. The van der Waals surface area contributed by atoms with Crippen molar-refractivity contribution >= 4 is 11.9 Å². The molecule has 188 valence electrons. The second-order valence-electron chi connectivity index (χ2n) is 8.72. The molecule has 1 amide bonds. The molecule has 1 heterocycles. The van der Waals surface area contributed by atoms with Crippen LogP contribution in [0.1, 0.15) is 41.5 Å². The van der Waals surface area contributed by atoms with E-state index in [2.05, 4.69) is 6.07 Å². The quantitative estimate of drug-likeness (QED) is 0.403. The van der Waals surface area contributed by atoms with Crippen LogP contribution in [0.3, 0.4) is 0 Å². The summed E-state index contributed by atoms with van der Waals surface area (Å²) in [6, 6.07) is 24.0. The van der Waals surface area contributed by atoms with Crippen molar-refractivity contribution in [3.05, 3.63) is 106 Å². The molecule has 1 aliphatic heterocycles. The molecule has 3 aromatic rings. The van der Waals surface area contributed by atoms with Crippen molar-refractivity contribution in [2.75, 3.05) is 14.2 Å². The number of rotatable bonds is 8. The number of esters is 1. The number of hydrogen-bond acceptors (Lipinski definition) is 6. The number of hydrogen-bond donors (Lipinski definition) is 0. The molecular weight excluding hydrogens is 468 g/mol. The third kappa shape index (κ3) is 5.65. The first-order chi connectivity index (χ1) is 17.9. The van der Waals surface area contributed by atoms with Crippen LogP contribution in [-0.4, -0.2) is 31.0 Å². The number of ether oxygens (including phenoxy) is 3. The third-order valence-corrected chi connectivity index (χ3v) is 6.46. The fraction of sp³-hybridized carbons (Fsp3) is 0.233. The van der Waals surface area contributed by atoms with Gasteiger partial charge in [-0.1, -0.05) is 42.5 Å². The van der Waals surface area contributed by atoms with Crippen molar-refractivity contribution < 1.29 is 23.8 Å². The Balaban J connectivity index is 1.76. The first-order valence-electron chi connectivity index (χ1n) is 11.9. The third-order valence-electron chi connectivity index (χ3n) is 6.46. The molecule has 7 nitrogen and oxygen atoms in total. The van der Waals surface area contributed by atoms with Gasteiger partial charge in [0.1, 0.15) is 18.1 Å². The number of amides is 1. The van der Waals surface area contributed by atoms with Gasteiger partial charge in [0.05, 0.1) is 38.0 Å². The number of methoxy groups -OCH3 is 2. The standard InChI is InChI=1S/C30H28N2O5/c1-20-29(30(34)37-19-21-8-5-4-6-9-21)26(25-15-24(35-2)12-13-27(25)36-3)16-28(33)32(20)18-23-11-7-10-22(14-23)17-31/h4-15,26H,16,18-19H2,1-3H3. The monoisotopic (exact) mass is 496 g/mol. The second-order valence-corrected chi connectivity index (χ2v) is 8.72. The fourth-order valence-corrected chi connectivity index (χ4v) is 4.57. The second kappa shape index (κ2) is 11.4. The largest absolute Gasteiger partial charge is 0.497 e. The van der Waals surface area contributed by atoms with Gasteiger partial charge in [-0.15, -0.1) is 0 Å². The van der Waals surface area contributed by atoms with E-state index < -0.39 is 11.9 Å². The highest BCUT2D eigenvalue weighted by molar-refractivity contribution is 5.96. The topological polar surface area (TPSA) is 88.9 Å². The fourth-order valence-electron chi connectivity index (χ4n) is 4.57. The Morgan fingerprint density at radius 1 is 1.00 bits per heavy atom. The summed E-state index contributed by atoms with van der Waals surface area (Å²) in [7, 11) is 3.11. The van der Waals surface area contributed by atoms with E-state index in [4.69, 9.17) is 14.2 Å². The lowest BCUT2D eigenvalue weighted by Crippen LogP contribution is -2.38. The molecule has 0 spiro atoms. The molecule has 0 fully saturated rings. The zero-order valence-corrected chi connectivity index (χ0v) is 21.1. The molecule has 3 aromatic carbocycles. The highest BCUT2D eigenvalue weighted by atomic mass is 16.5. The SMILES string of the molecule is COc1ccc(OC)c(C2CC(=O)N(Cc3cccc(C#N)c3)C(C)=C2C(=O)OCc2ccccc2)c1. The molecule has 0 saturated carbocycles. The zero-order valence-electron chi connectivity index (χ0n) is 21.1. The van der Waals surface area contributed by atoms with Crippen molar-refractivity contribution in [2.24, 2.45) is 0 Å². The van der Waals surface area contributed by atoms with Gasteiger partial charge >= 0.3 is 5.97 Å². The summed E-state index contributed by atoms with van der Waals surface area (Å²) in [6.45, 7) is 2.10. The van der Waals surface area contributed by atoms with E-state index in [0.29, 0.717) is 33.9 Å². The average molecular weight is 497 g/mol. The van der Waals surface area contributed by atoms with E-state index in [1.54, 1.807) is 62.4 Å². The van der Waals surface area contributed by atoms with E-state index in [1.165, 1.54) is 0 Å². The van der Waals surface area contributed by atoms with E-state index >= 15 is 0 Å². The van der Waals surface area contributed by atoms with Crippen LogP contribution in [0.4, 0.5) is 0 Å². The predicted octanol–water partition coefficient (Wildman–Crippen LogP) is 5.11. The summed E-state index contributed by atoms with van der Waals surface area (Å²) in [6.07, 6.45) is 0.0502. The summed E-state index contributed by atoms with van der Waals surface area (Å²) in [5.41, 5.74) is 3.73. The van der Waals surface area contributed by atoms with Gasteiger partial charge < -0.3 is 19.1 Å². The lowest BCUT2D eigenvalue weighted by Gasteiger charge is -2.35. The molecule has 0 radical (unpaired) electrons. The van der Waals surface area contributed by atoms with Gasteiger partial charge in [-0.25, -0.2) is 4.79 Å². The summed E-state index contributed by atoms with van der Waals surface area (Å²) in [4.78, 5) is 28.6. The Hall–Kier alpha value is -4.57. The van der Waals surface area contributed by atoms with Crippen LogP contribution in [0.5, 0.6) is 11.5 Å². The van der Waals surface area contributed by atoms with Gasteiger partial charge in [-0.3, -0.25) is 4.79 Å². The van der Waals surface area contributed by atoms with E-state index in [0.717, 1.165) is 11.1 Å². The van der Waals surface area contributed by atoms with Crippen LogP contribution >= 0.6 is 0 Å².